The van der Waals surface area contributed by atoms with E-state index in [1.54, 1.807) is 6.07 Å². The van der Waals surface area contributed by atoms with Gasteiger partial charge in [-0.25, -0.2) is 4.98 Å². The summed E-state index contributed by atoms with van der Waals surface area (Å²) in [6, 6.07) is 2.36. The third-order valence-electron chi connectivity index (χ3n) is 5.37. The van der Waals surface area contributed by atoms with Crippen molar-refractivity contribution in [1.29, 1.82) is 0 Å². The lowest BCUT2D eigenvalue weighted by atomic mass is 9.83. The van der Waals surface area contributed by atoms with Crippen LogP contribution in [0.25, 0.3) is 4.96 Å². The van der Waals surface area contributed by atoms with Crippen molar-refractivity contribution in [2.75, 3.05) is 6.54 Å². The van der Waals surface area contributed by atoms with Gasteiger partial charge in [0.25, 0.3) is 5.56 Å². The Hall–Kier alpha value is -1.27. The fourth-order valence-electron chi connectivity index (χ4n) is 4.34. The van der Waals surface area contributed by atoms with Crippen LogP contribution < -0.4 is 5.56 Å². The summed E-state index contributed by atoms with van der Waals surface area (Å²) < 4.78 is 1.42. The Bertz CT molecular complexity index is 747. The average Bonchev–Trinajstić information content (AvgIpc) is 3.14. The summed E-state index contributed by atoms with van der Waals surface area (Å²) >= 11 is 1.49. The van der Waals surface area contributed by atoms with Gasteiger partial charge in [0.2, 0.25) is 4.96 Å². The van der Waals surface area contributed by atoms with Crippen LogP contribution in [0.2, 0.25) is 0 Å². The van der Waals surface area contributed by atoms with Crippen molar-refractivity contribution in [3.63, 3.8) is 0 Å². The first kappa shape index (κ1) is 15.3. The Labute approximate surface area is 140 Å². The predicted molar refractivity (Wildman–Crippen MR) is 91.9 cm³/mol. The highest BCUT2D eigenvalue weighted by atomic mass is 32.1. The van der Waals surface area contributed by atoms with Gasteiger partial charge < -0.3 is 0 Å². The van der Waals surface area contributed by atoms with Crippen molar-refractivity contribution >= 4 is 16.3 Å². The number of fused-ring (bicyclic) bond motifs is 1. The van der Waals surface area contributed by atoms with E-state index in [2.05, 4.69) is 15.0 Å². The molecule has 0 spiro atoms. The number of aryl methyl sites for hydroxylation is 1. The van der Waals surface area contributed by atoms with Gasteiger partial charge in [-0.1, -0.05) is 30.6 Å². The maximum absolute atomic E-state index is 12.2. The van der Waals surface area contributed by atoms with E-state index in [9.17, 15) is 4.79 Å². The zero-order chi connectivity index (χ0) is 15.8. The maximum Gasteiger partial charge on any atom is 0.275 e. The third-order valence-corrected chi connectivity index (χ3v) is 6.20. The summed E-state index contributed by atoms with van der Waals surface area (Å²) in [6.45, 7) is 3.87. The van der Waals surface area contributed by atoms with Gasteiger partial charge in [-0.15, -0.1) is 0 Å². The minimum absolute atomic E-state index is 0.0530. The standard InChI is InChI=1S/C17H24N4OS/c1-12-19-21-16(22)10-14(18-17(21)23-12)11-20-9-5-8-15(20)13-6-3-2-4-7-13/h10,13,15H,2-9,11H2,1H3/t15-/m0/s1. The second-order valence-corrected chi connectivity index (χ2v) is 8.14. The molecule has 1 saturated heterocycles. The van der Waals surface area contributed by atoms with Gasteiger partial charge in [0.05, 0.1) is 5.69 Å². The molecule has 0 N–H and O–H groups in total. The molecule has 23 heavy (non-hydrogen) atoms. The van der Waals surface area contributed by atoms with E-state index >= 15 is 0 Å². The van der Waals surface area contributed by atoms with Crippen LogP contribution >= 0.6 is 11.3 Å². The minimum Gasteiger partial charge on any atom is -0.294 e. The molecule has 4 rings (SSSR count). The number of aromatic nitrogens is 3. The van der Waals surface area contributed by atoms with Crippen molar-refractivity contribution in [3.8, 4) is 0 Å². The van der Waals surface area contributed by atoms with E-state index < -0.39 is 0 Å². The van der Waals surface area contributed by atoms with E-state index in [1.165, 1.54) is 60.8 Å². The summed E-state index contributed by atoms with van der Waals surface area (Å²) in [5, 5.41) is 5.10. The van der Waals surface area contributed by atoms with Crippen LogP contribution in [-0.2, 0) is 6.54 Å². The highest BCUT2D eigenvalue weighted by Gasteiger charge is 2.32. The Kier molecular flexibility index (Phi) is 4.20. The molecule has 6 heteroatoms. The zero-order valence-electron chi connectivity index (χ0n) is 13.7. The molecule has 2 aliphatic rings. The van der Waals surface area contributed by atoms with Gasteiger partial charge in [0.1, 0.15) is 5.01 Å². The Morgan fingerprint density at radius 2 is 2.04 bits per heavy atom. The molecule has 1 aliphatic carbocycles. The zero-order valence-corrected chi connectivity index (χ0v) is 14.5. The molecule has 0 unspecified atom stereocenters. The largest absolute Gasteiger partial charge is 0.294 e. The molecule has 0 amide bonds. The molecule has 1 aliphatic heterocycles. The monoisotopic (exact) mass is 332 g/mol. The molecule has 2 aromatic rings. The van der Waals surface area contributed by atoms with Gasteiger partial charge in [-0.05, 0) is 45.1 Å². The fourth-order valence-corrected chi connectivity index (χ4v) is 5.11. The fraction of sp³-hybridized carbons (Fsp3) is 0.706. The maximum atomic E-state index is 12.2. The van der Waals surface area contributed by atoms with Crippen molar-refractivity contribution < 1.29 is 0 Å². The van der Waals surface area contributed by atoms with E-state index in [4.69, 9.17) is 0 Å². The summed E-state index contributed by atoms with van der Waals surface area (Å²) in [6.07, 6.45) is 9.53. The Morgan fingerprint density at radius 1 is 1.22 bits per heavy atom. The van der Waals surface area contributed by atoms with Crippen molar-refractivity contribution in [3.05, 3.63) is 27.1 Å². The van der Waals surface area contributed by atoms with Crippen LogP contribution in [0.3, 0.4) is 0 Å². The lowest BCUT2D eigenvalue weighted by Crippen LogP contribution is -2.36. The van der Waals surface area contributed by atoms with E-state index in [0.29, 0.717) is 6.04 Å². The summed E-state index contributed by atoms with van der Waals surface area (Å²) in [7, 11) is 0. The minimum atomic E-state index is -0.0530. The molecule has 0 radical (unpaired) electrons. The topological polar surface area (TPSA) is 50.5 Å². The first-order valence-corrected chi connectivity index (χ1v) is 9.63. The SMILES string of the molecule is Cc1nn2c(=O)cc(CN3CCC[C@H]3C3CCCCC3)nc2s1. The number of likely N-dealkylation sites (tertiary alicyclic amines) is 1. The number of hydrogen-bond donors (Lipinski definition) is 0. The molecule has 1 saturated carbocycles. The van der Waals surface area contributed by atoms with E-state index in [1.807, 2.05) is 6.92 Å². The Balaban J connectivity index is 1.55. The molecule has 5 nitrogen and oxygen atoms in total. The second-order valence-electron chi connectivity index (χ2n) is 6.98. The summed E-state index contributed by atoms with van der Waals surface area (Å²) in [4.78, 5) is 20.2. The smallest absolute Gasteiger partial charge is 0.275 e. The van der Waals surface area contributed by atoms with Crippen LogP contribution in [-0.4, -0.2) is 32.1 Å². The predicted octanol–water partition coefficient (Wildman–Crippen LogP) is 3.00. The quantitative estimate of drug-likeness (QED) is 0.867. The van der Waals surface area contributed by atoms with Crippen LogP contribution in [0.1, 0.15) is 55.6 Å². The van der Waals surface area contributed by atoms with Gasteiger partial charge in [0.15, 0.2) is 0 Å². The number of nitrogens with zero attached hydrogens (tertiary/aromatic N) is 4. The molecule has 0 bridgehead atoms. The van der Waals surface area contributed by atoms with Crippen molar-refractivity contribution in [2.24, 2.45) is 5.92 Å². The van der Waals surface area contributed by atoms with Gasteiger partial charge >= 0.3 is 0 Å². The van der Waals surface area contributed by atoms with Crippen LogP contribution in [0.15, 0.2) is 10.9 Å². The van der Waals surface area contributed by atoms with Gasteiger partial charge in [-0.3, -0.25) is 9.69 Å². The molecule has 0 aromatic carbocycles. The highest BCUT2D eigenvalue weighted by molar-refractivity contribution is 7.16. The van der Waals surface area contributed by atoms with E-state index in [0.717, 1.165) is 34.7 Å². The van der Waals surface area contributed by atoms with Crippen LogP contribution in [0, 0.1) is 12.8 Å². The van der Waals surface area contributed by atoms with Crippen LogP contribution in [0.4, 0.5) is 0 Å². The second kappa shape index (κ2) is 6.32. The molecule has 3 heterocycles. The van der Waals surface area contributed by atoms with Crippen molar-refractivity contribution in [2.45, 2.75) is 64.5 Å². The molecular weight excluding hydrogens is 308 g/mol. The van der Waals surface area contributed by atoms with Crippen molar-refractivity contribution in [1.82, 2.24) is 19.5 Å². The molecule has 2 fully saturated rings. The summed E-state index contributed by atoms with van der Waals surface area (Å²) in [5.74, 6) is 0.849. The lowest BCUT2D eigenvalue weighted by molar-refractivity contribution is 0.150. The molecule has 2 aromatic heterocycles. The number of rotatable bonds is 3. The van der Waals surface area contributed by atoms with Crippen LogP contribution in [0.5, 0.6) is 0 Å². The lowest BCUT2D eigenvalue weighted by Gasteiger charge is -2.33. The first-order valence-electron chi connectivity index (χ1n) is 8.81. The first-order chi connectivity index (χ1) is 11.2. The Morgan fingerprint density at radius 3 is 2.87 bits per heavy atom. The average molecular weight is 332 g/mol. The highest BCUT2D eigenvalue weighted by Crippen LogP contribution is 2.34. The van der Waals surface area contributed by atoms with E-state index in [-0.39, 0.29) is 5.56 Å². The van der Waals surface area contributed by atoms with Gasteiger partial charge in [-0.2, -0.15) is 9.61 Å². The summed E-state index contributed by atoms with van der Waals surface area (Å²) in [5.41, 5.74) is 0.851. The molecular formula is C17H24N4OS. The normalized spacial score (nSPS) is 23.8. The molecule has 124 valence electrons. The number of hydrogen-bond acceptors (Lipinski definition) is 5. The van der Waals surface area contributed by atoms with Gasteiger partial charge in [0, 0.05) is 18.7 Å². The molecule has 1 atom stereocenters. The third kappa shape index (κ3) is 3.06.